The van der Waals surface area contributed by atoms with Crippen LogP contribution < -0.4 is 10.2 Å². The zero-order valence-corrected chi connectivity index (χ0v) is 17.7. The van der Waals surface area contributed by atoms with E-state index in [1.165, 1.54) is 17.4 Å². The van der Waals surface area contributed by atoms with Gasteiger partial charge >= 0.3 is 0 Å². The second-order valence-electron chi connectivity index (χ2n) is 7.38. The number of carbonyl (C=O) groups is 1. The Kier molecular flexibility index (Phi) is 6.06. The number of rotatable bonds is 5. The number of amides is 1. The molecule has 1 fully saturated rings. The zero-order valence-electron chi connectivity index (χ0n) is 16.8. The second-order valence-corrected chi connectivity index (χ2v) is 8.24. The summed E-state index contributed by atoms with van der Waals surface area (Å²) in [6.45, 7) is 5.51. The Bertz CT molecular complexity index is 1020. The maximum Gasteiger partial charge on any atom is 0.271 e. The molecule has 2 aromatic heterocycles. The minimum Gasteiger partial charge on any atom is -0.372 e. The number of hydrogen-bond donors (Lipinski definition) is 1. The summed E-state index contributed by atoms with van der Waals surface area (Å²) in [7, 11) is 0. The van der Waals surface area contributed by atoms with Gasteiger partial charge in [-0.05, 0) is 43.7 Å². The maximum atomic E-state index is 14.7. The van der Waals surface area contributed by atoms with Crippen molar-refractivity contribution in [3.63, 3.8) is 0 Å². The summed E-state index contributed by atoms with van der Waals surface area (Å²) in [5, 5.41) is 5.19. The number of hydrogen-bond acceptors (Lipinski definition) is 6. The van der Waals surface area contributed by atoms with E-state index in [4.69, 9.17) is 4.74 Å². The van der Waals surface area contributed by atoms with Crippen LogP contribution in [0.25, 0.3) is 10.7 Å². The Morgan fingerprint density at radius 1 is 1.27 bits per heavy atom. The smallest absolute Gasteiger partial charge is 0.271 e. The van der Waals surface area contributed by atoms with Gasteiger partial charge in [-0.15, -0.1) is 11.3 Å². The van der Waals surface area contributed by atoms with Gasteiger partial charge in [0.25, 0.3) is 5.91 Å². The number of ether oxygens (including phenoxy) is 1. The largest absolute Gasteiger partial charge is 0.372 e. The predicted molar refractivity (Wildman–Crippen MR) is 115 cm³/mol. The van der Waals surface area contributed by atoms with Crippen molar-refractivity contribution in [2.45, 2.75) is 32.6 Å². The molecule has 1 aromatic carbocycles. The Labute approximate surface area is 178 Å². The van der Waals surface area contributed by atoms with Gasteiger partial charge in [0.1, 0.15) is 16.5 Å². The Morgan fingerprint density at radius 2 is 2.07 bits per heavy atom. The van der Waals surface area contributed by atoms with Gasteiger partial charge < -0.3 is 15.0 Å². The van der Waals surface area contributed by atoms with E-state index in [1.54, 1.807) is 17.6 Å². The van der Waals surface area contributed by atoms with Gasteiger partial charge in [-0.3, -0.25) is 9.78 Å². The minimum atomic E-state index is -0.297. The van der Waals surface area contributed by atoms with Crippen molar-refractivity contribution in [3.05, 3.63) is 65.0 Å². The predicted octanol–water partition coefficient (Wildman–Crippen LogP) is 3.89. The number of nitrogens with zero attached hydrogens (tertiary/aromatic N) is 3. The molecule has 1 N–H and O–H groups in total. The molecular formula is C22H23FN4O2S. The molecule has 0 aliphatic carbocycles. The Balaban J connectivity index is 1.39. The molecule has 30 heavy (non-hydrogen) atoms. The topological polar surface area (TPSA) is 67.4 Å². The van der Waals surface area contributed by atoms with Crippen LogP contribution in [0.2, 0.25) is 0 Å². The van der Waals surface area contributed by atoms with Crippen LogP contribution in [0.1, 0.15) is 29.9 Å². The van der Waals surface area contributed by atoms with Gasteiger partial charge in [0.05, 0.1) is 23.6 Å². The van der Waals surface area contributed by atoms with Gasteiger partial charge in [-0.25, -0.2) is 9.37 Å². The number of halogens is 1. The molecule has 2 unspecified atom stereocenters. The minimum absolute atomic E-state index is 0.0567. The van der Waals surface area contributed by atoms with Crippen molar-refractivity contribution < 1.29 is 13.9 Å². The van der Waals surface area contributed by atoms with Crippen molar-refractivity contribution in [1.29, 1.82) is 0 Å². The molecule has 3 heterocycles. The number of nitrogens with one attached hydrogen (secondary N) is 1. The summed E-state index contributed by atoms with van der Waals surface area (Å²) < 4.78 is 20.4. The third kappa shape index (κ3) is 4.66. The fourth-order valence-corrected chi connectivity index (χ4v) is 4.32. The molecule has 0 bridgehead atoms. The lowest BCUT2D eigenvalue weighted by Crippen LogP contribution is -2.45. The first-order valence-corrected chi connectivity index (χ1v) is 10.7. The first-order chi connectivity index (χ1) is 14.5. The number of thiazole rings is 1. The van der Waals surface area contributed by atoms with Crippen molar-refractivity contribution in [3.8, 4) is 10.7 Å². The molecule has 1 aliphatic rings. The average molecular weight is 427 g/mol. The quantitative estimate of drug-likeness (QED) is 0.671. The monoisotopic (exact) mass is 426 g/mol. The van der Waals surface area contributed by atoms with E-state index < -0.39 is 0 Å². The van der Waals surface area contributed by atoms with Crippen LogP contribution in [0.3, 0.4) is 0 Å². The lowest BCUT2D eigenvalue weighted by atomic mass is 10.1. The van der Waals surface area contributed by atoms with Crippen molar-refractivity contribution in [2.24, 2.45) is 0 Å². The molecular weight excluding hydrogens is 403 g/mol. The molecule has 1 amide bonds. The SMILES string of the molecule is CC1CN(c2ccc(CNC(=O)c3csc(-c4ccccn4)n3)cc2F)CC(C)O1. The third-order valence-corrected chi connectivity index (χ3v) is 5.71. The number of aromatic nitrogens is 2. The van der Waals surface area contributed by atoms with Gasteiger partial charge in [-0.1, -0.05) is 12.1 Å². The summed E-state index contributed by atoms with van der Waals surface area (Å²) in [6, 6.07) is 10.6. The first kappa shape index (κ1) is 20.4. The van der Waals surface area contributed by atoms with Gasteiger partial charge in [0.2, 0.25) is 0 Å². The molecule has 0 saturated carbocycles. The van der Waals surface area contributed by atoms with Crippen LogP contribution in [-0.4, -0.2) is 41.2 Å². The third-order valence-electron chi connectivity index (χ3n) is 4.85. The first-order valence-electron chi connectivity index (χ1n) is 9.83. The molecule has 1 aliphatic heterocycles. The molecule has 8 heteroatoms. The summed E-state index contributed by atoms with van der Waals surface area (Å²) in [4.78, 5) is 23.0. The maximum absolute atomic E-state index is 14.7. The van der Waals surface area contributed by atoms with Crippen LogP contribution in [0.4, 0.5) is 10.1 Å². The van der Waals surface area contributed by atoms with E-state index in [0.717, 1.165) is 5.69 Å². The lowest BCUT2D eigenvalue weighted by molar-refractivity contribution is -0.00539. The molecule has 4 rings (SSSR count). The highest BCUT2D eigenvalue weighted by Crippen LogP contribution is 2.25. The standard InChI is InChI=1S/C22H23FN4O2S/c1-14-11-27(12-15(2)29-14)20-7-6-16(9-17(20)23)10-25-21(28)19-13-30-22(26-19)18-5-3-4-8-24-18/h3-9,13-15H,10-12H2,1-2H3,(H,25,28). The Hall–Kier alpha value is -2.84. The van der Waals surface area contributed by atoms with Gasteiger partial charge in [-0.2, -0.15) is 0 Å². The van der Waals surface area contributed by atoms with E-state index in [0.29, 0.717) is 35.0 Å². The molecule has 156 valence electrons. The van der Waals surface area contributed by atoms with E-state index >= 15 is 0 Å². The van der Waals surface area contributed by atoms with Gasteiger partial charge in [0.15, 0.2) is 0 Å². The summed E-state index contributed by atoms with van der Waals surface area (Å²) in [5.74, 6) is -0.595. The van der Waals surface area contributed by atoms with Crippen LogP contribution in [-0.2, 0) is 11.3 Å². The molecule has 6 nitrogen and oxygen atoms in total. The normalized spacial score (nSPS) is 19.0. The Morgan fingerprint density at radius 3 is 2.77 bits per heavy atom. The van der Waals surface area contributed by atoms with Gasteiger partial charge in [0, 0.05) is 31.2 Å². The van der Waals surface area contributed by atoms with E-state index in [-0.39, 0.29) is 30.5 Å². The molecule has 3 aromatic rings. The van der Waals surface area contributed by atoms with Crippen molar-refractivity contribution in [1.82, 2.24) is 15.3 Å². The second kappa shape index (κ2) is 8.89. The molecule has 1 saturated heterocycles. The van der Waals surface area contributed by atoms with Crippen LogP contribution in [0.5, 0.6) is 0 Å². The average Bonchev–Trinajstić information content (AvgIpc) is 3.22. The number of carbonyl (C=O) groups excluding carboxylic acids is 1. The lowest BCUT2D eigenvalue weighted by Gasteiger charge is -2.37. The van der Waals surface area contributed by atoms with E-state index in [9.17, 15) is 9.18 Å². The summed E-state index contributed by atoms with van der Waals surface area (Å²) in [6.07, 6.45) is 1.80. The summed E-state index contributed by atoms with van der Waals surface area (Å²) in [5.41, 5.74) is 2.31. The highest BCUT2D eigenvalue weighted by atomic mass is 32.1. The van der Waals surface area contributed by atoms with Crippen LogP contribution in [0, 0.1) is 5.82 Å². The zero-order chi connectivity index (χ0) is 21.1. The molecule has 0 radical (unpaired) electrons. The fourth-order valence-electron chi connectivity index (χ4n) is 3.55. The number of anilines is 1. The number of pyridine rings is 1. The van der Waals surface area contributed by atoms with Crippen LogP contribution >= 0.6 is 11.3 Å². The highest BCUT2D eigenvalue weighted by Gasteiger charge is 2.24. The molecule has 2 atom stereocenters. The molecule has 0 spiro atoms. The van der Waals surface area contributed by atoms with E-state index in [2.05, 4.69) is 15.3 Å². The van der Waals surface area contributed by atoms with Crippen molar-refractivity contribution >= 4 is 22.9 Å². The van der Waals surface area contributed by atoms with E-state index in [1.807, 2.05) is 43.0 Å². The fraction of sp³-hybridized carbons (Fsp3) is 0.318. The number of morpholine rings is 1. The highest BCUT2D eigenvalue weighted by molar-refractivity contribution is 7.13. The number of benzene rings is 1. The summed E-state index contributed by atoms with van der Waals surface area (Å²) >= 11 is 1.36. The van der Waals surface area contributed by atoms with Crippen molar-refractivity contribution in [2.75, 3.05) is 18.0 Å². The van der Waals surface area contributed by atoms with Crippen LogP contribution in [0.15, 0.2) is 48.0 Å².